The number of carbonyl (C=O) groups excluding carboxylic acids is 1. The molecule has 146 valence electrons. The fourth-order valence-electron chi connectivity index (χ4n) is 2.71. The van der Waals surface area contributed by atoms with Gasteiger partial charge < -0.3 is 4.74 Å². The van der Waals surface area contributed by atoms with Gasteiger partial charge in [0, 0.05) is 12.1 Å². The largest absolute Gasteiger partial charge is 0.493 e. The maximum absolute atomic E-state index is 14.0. The second kappa shape index (κ2) is 9.55. The van der Waals surface area contributed by atoms with Gasteiger partial charge in [0.15, 0.2) is 5.17 Å². The molecular weight excluding hydrogens is 375 g/mol. The normalized spacial score (nSPS) is 17.0. The molecule has 3 rings (SSSR count). The maximum atomic E-state index is 14.0. The summed E-state index contributed by atoms with van der Waals surface area (Å²) in [5, 5.41) is 0.480. The monoisotopic (exact) mass is 398 g/mol. The predicted molar refractivity (Wildman–Crippen MR) is 113 cm³/mol. The Bertz CT molecular complexity index is 911. The number of halogens is 1. The quantitative estimate of drug-likeness (QED) is 0.448. The maximum Gasteiger partial charge on any atom is 0.266 e. The number of ether oxygens (including phenoxy) is 1. The van der Waals surface area contributed by atoms with Crippen LogP contribution in [0.1, 0.15) is 32.3 Å². The van der Waals surface area contributed by atoms with E-state index in [0.29, 0.717) is 23.2 Å². The molecule has 0 aliphatic carbocycles. The van der Waals surface area contributed by atoms with Crippen LogP contribution in [-0.2, 0) is 4.79 Å². The van der Waals surface area contributed by atoms with Crippen LogP contribution >= 0.6 is 11.8 Å². The molecule has 1 heterocycles. The number of thioether (sulfide) groups is 1. The molecule has 0 unspecified atom stereocenters. The fourth-order valence-corrected chi connectivity index (χ4v) is 3.76. The summed E-state index contributed by atoms with van der Waals surface area (Å²) < 4.78 is 19.8. The third-order valence-electron chi connectivity index (χ3n) is 4.23. The van der Waals surface area contributed by atoms with Gasteiger partial charge in [-0.2, -0.15) is 0 Å². The Hall–Kier alpha value is -2.60. The second-order valence-electron chi connectivity index (χ2n) is 6.25. The molecule has 28 heavy (non-hydrogen) atoms. The number of hydrogen-bond acceptors (Lipinski definition) is 4. The Balaban J connectivity index is 1.90. The van der Waals surface area contributed by atoms with Crippen molar-refractivity contribution in [1.29, 1.82) is 0 Å². The molecule has 0 aromatic heterocycles. The average molecular weight is 399 g/mol. The Kier molecular flexibility index (Phi) is 6.87. The number of nitrogens with zero attached hydrogens (tertiary/aromatic N) is 2. The van der Waals surface area contributed by atoms with Gasteiger partial charge in [0.05, 0.1) is 11.5 Å². The number of unbranched alkanes of at least 4 members (excludes halogenated alkanes) is 1. The van der Waals surface area contributed by atoms with E-state index in [-0.39, 0.29) is 11.6 Å². The van der Waals surface area contributed by atoms with Crippen molar-refractivity contribution < 1.29 is 13.9 Å². The Morgan fingerprint density at radius 1 is 1.14 bits per heavy atom. The smallest absolute Gasteiger partial charge is 0.266 e. The first-order chi connectivity index (χ1) is 13.6. The van der Waals surface area contributed by atoms with Crippen molar-refractivity contribution in [1.82, 2.24) is 4.90 Å². The van der Waals surface area contributed by atoms with Gasteiger partial charge in [-0.25, -0.2) is 9.38 Å². The van der Waals surface area contributed by atoms with E-state index < -0.39 is 5.82 Å². The summed E-state index contributed by atoms with van der Waals surface area (Å²) in [5.74, 6) is 0.205. The lowest BCUT2D eigenvalue weighted by Gasteiger charge is -2.12. The number of amidine groups is 1. The molecule has 4 nitrogen and oxygen atoms in total. The van der Waals surface area contributed by atoms with Crippen molar-refractivity contribution in [3.63, 3.8) is 0 Å². The highest BCUT2D eigenvalue weighted by Crippen LogP contribution is 2.35. The summed E-state index contributed by atoms with van der Waals surface area (Å²) in [5.41, 5.74) is 1.07. The minimum absolute atomic E-state index is 0.133. The zero-order chi connectivity index (χ0) is 19.9. The lowest BCUT2D eigenvalue weighted by atomic mass is 10.2. The topological polar surface area (TPSA) is 41.9 Å². The first-order valence-electron chi connectivity index (χ1n) is 9.40. The van der Waals surface area contributed by atoms with Gasteiger partial charge in [0.1, 0.15) is 17.3 Å². The van der Waals surface area contributed by atoms with Crippen molar-refractivity contribution in [3.05, 3.63) is 64.8 Å². The third-order valence-corrected chi connectivity index (χ3v) is 5.24. The predicted octanol–water partition coefficient (Wildman–Crippen LogP) is 5.63. The van der Waals surface area contributed by atoms with E-state index in [1.54, 1.807) is 23.1 Å². The fraction of sp³-hybridized carbons (Fsp3) is 0.273. The average Bonchev–Trinajstić information content (AvgIpc) is 2.99. The van der Waals surface area contributed by atoms with Gasteiger partial charge >= 0.3 is 0 Å². The zero-order valence-corrected chi connectivity index (χ0v) is 16.8. The van der Waals surface area contributed by atoms with E-state index in [1.165, 1.54) is 17.8 Å². The molecule has 0 saturated carbocycles. The number of likely N-dealkylation sites (N-methyl/N-ethyl adjacent to an activating group) is 1. The minimum Gasteiger partial charge on any atom is -0.493 e. The second-order valence-corrected chi connectivity index (χ2v) is 7.25. The van der Waals surface area contributed by atoms with Crippen molar-refractivity contribution >= 4 is 34.6 Å². The molecule has 1 amide bonds. The van der Waals surface area contributed by atoms with Crippen LogP contribution in [0, 0.1) is 5.82 Å². The first kappa shape index (κ1) is 20.1. The van der Waals surface area contributed by atoms with Gasteiger partial charge in [0.25, 0.3) is 5.91 Å². The van der Waals surface area contributed by atoms with Crippen molar-refractivity contribution in [2.24, 2.45) is 4.99 Å². The summed E-state index contributed by atoms with van der Waals surface area (Å²) in [4.78, 5) is 19.3. The standard InChI is InChI=1S/C22H23FN2O2S/c1-3-5-14-27-19-13-9-6-10-16(19)15-20-21(26)25(4-2)22(28-20)24-18-12-8-7-11-17(18)23/h6-13,15H,3-5,14H2,1-2H3/b20-15+,24-22?. The van der Waals surface area contributed by atoms with E-state index in [4.69, 9.17) is 4.74 Å². The number of rotatable bonds is 7. The highest BCUT2D eigenvalue weighted by atomic mass is 32.2. The van der Waals surface area contributed by atoms with E-state index in [0.717, 1.165) is 24.2 Å². The molecule has 1 aliphatic rings. The number of hydrogen-bond donors (Lipinski definition) is 0. The molecule has 1 saturated heterocycles. The third kappa shape index (κ3) is 4.62. The molecule has 0 spiro atoms. The number of benzene rings is 2. The molecule has 1 fully saturated rings. The van der Waals surface area contributed by atoms with Crippen LogP contribution in [0.2, 0.25) is 0 Å². The highest BCUT2D eigenvalue weighted by Gasteiger charge is 2.32. The molecule has 1 aliphatic heterocycles. The number of carbonyl (C=O) groups is 1. The molecule has 0 atom stereocenters. The first-order valence-corrected chi connectivity index (χ1v) is 10.2. The molecule has 0 radical (unpaired) electrons. The summed E-state index contributed by atoms with van der Waals surface area (Å²) in [6.07, 6.45) is 3.85. The lowest BCUT2D eigenvalue weighted by molar-refractivity contribution is -0.122. The number of para-hydroxylation sites is 2. The summed E-state index contributed by atoms with van der Waals surface area (Å²) in [7, 11) is 0. The molecule has 0 bridgehead atoms. The van der Waals surface area contributed by atoms with Crippen LogP contribution in [0.15, 0.2) is 58.4 Å². The van der Waals surface area contributed by atoms with E-state index in [9.17, 15) is 9.18 Å². The van der Waals surface area contributed by atoms with E-state index in [1.807, 2.05) is 37.3 Å². The summed E-state index contributed by atoms with van der Waals surface area (Å²) in [6, 6.07) is 13.9. The molecule has 6 heteroatoms. The van der Waals surface area contributed by atoms with Crippen LogP contribution in [0.5, 0.6) is 5.75 Å². The zero-order valence-electron chi connectivity index (χ0n) is 16.0. The van der Waals surface area contributed by atoms with Gasteiger partial charge in [-0.15, -0.1) is 0 Å². The van der Waals surface area contributed by atoms with Crippen molar-refractivity contribution in [2.75, 3.05) is 13.2 Å². The Labute approximate surface area is 169 Å². The molecule has 2 aromatic carbocycles. The van der Waals surface area contributed by atoms with Gasteiger partial charge in [-0.3, -0.25) is 9.69 Å². The van der Waals surface area contributed by atoms with Crippen LogP contribution in [0.25, 0.3) is 6.08 Å². The SMILES string of the molecule is CCCCOc1ccccc1/C=C1/SC(=Nc2ccccc2F)N(CC)C1=O. The van der Waals surface area contributed by atoms with E-state index >= 15 is 0 Å². The van der Waals surface area contributed by atoms with Crippen LogP contribution in [0.3, 0.4) is 0 Å². The molecule has 0 N–H and O–H groups in total. The Morgan fingerprint density at radius 2 is 1.89 bits per heavy atom. The highest BCUT2D eigenvalue weighted by molar-refractivity contribution is 8.18. The van der Waals surface area contributed by atoms with Crippen LogP contribution < -0.4 is 4.74 Å². The van der Waals surface area contributed by atoms with Gasteiger partial charge in [-0.05, 0) is 49.4 Å². The van der Waals surface area contributed by atoms with E-state index in [2.05, 4.69) is 11.9 Å². The molecule has 2 aromatic rings. The molecular formula is C22H23FN2O2S. The summed E-state index contributed by atoms with van der Waals surface area (Å²) in [6.45, 7) is 5.09. The van der Waals surface area contributed by atoms with Crippen LogP contribution in [-0.4, -0.2) is 29.1 Å². The van der Waals surface area contributed by atoms with Crippen LogP contribution in [0.4, 0.5) is 10.1 Å². The van der Waals surface area contributed by atoms with Gasteiger partial charge in [-0.1, -0.05) is 43.7 Å². The number of amides is 1. The minimum atomic E-state index is -0.411. The van der Waals surface area contributed by atoms with Crippen molar-refractivity contribution in [2.45, 2.75) is 26.7 Å². The Morgan fingerprint density at radius 3 is 2.64 bits per heavy atom. The number of aliphatic imine (C=N–C) groups is 1. The lowest BCUT2D eigenvalue weighted by Crippen LogP contribution is -2.28. The van der Waals surface area contributed by atoms with Gasteiger partial charge in [0.2, 0.25) is 0 Å². The van der Waals surface area contributed by atoms with Crippen molar-refractivity contribution in [3.8, 4) is 5.75 Å². The summed E-state index contributed by atoms with van der Waals surface area (Å²) >= 11 is 1.25.